The Balaban J connectivity index is 1.87. The van der Waals surface area contributed by atoms with Gasteiger partial charge in [-0.3, -0.25) is 9.38 Å². The van der Waals surface area contributed by atoms with Crippen LogP contribution in [0.3, 0.4) is 0 Å². The van der Waals surface area contributed by atoms with Crippen LogP contribution in [0.1, 0.15) is 17.3 Å². The number of pyridine rings is 1. The maximum absolute atomic E-state index is 6.20. The van der Waals surface area contributed by atoms with Crippen molar-refractivity contribution in [3.8, 4) is 0 Å². The molecular weight excluding hydrogens is 280 g/mol. The smallest absolute Gasteiger partial charge is 0.193 e. The van der Waals surface area contributed by atoms with Crippen LogP contribution in [0.2, 0.25) is 5.02 Å². The van der Waals surface area contributed by atoms with Gasteiger partial charge in [0, 0.05) is 42.6 Å². The summed E-state index contributed by atoms with van der Waals surface area (Å²) in [5.74, 6) is 0. The van der Waals surface area contributed by atoms with Gasteiger partial charge in [0.2, 0.25) is 0 Å². The number of rotatable bonds is 4. The molecule has 6 heteroatoms. The van der Waals surface area contributed by atoms with Crippen LogP contribution < -0.4 is 5.32 Å². The van der Waals surface area contributed by atoms with E-state index in [-0.39, 0.29) is 6.04 Å². The molecule has 98 valence electrons. The molecule has 0 spiro atoms. The third-order valence-electron chi connectivity index (χ3n) is 3.08. The summed E-state index contributed by atoms with van der Waals surface area (Å²) >= 11 is 7.83. The number of aromatic nitrogens is 3. The maximum Gasteiger partial charge on any atom is 0.193 e. The number of halogens is 1. The van der Waals surface area contributed by atoms with Crippen molar-refractivity contribution in [3.05, 3.63) is 52.5 Å². The molecule has 3 aromatic heterocycles. The van der Waals surface area contributed by atoms with Crippen LogP contribution in [-0.2, 0) is 6.42 Å². The first-order chi connectivity index (χ1) is 9.28. The van der Waals surface area contributed by atoms with E-state index in [1.807, 2.05) is 29.1 Å². The molecule has 3 heterocycles. The largest absolute Gasteiger partial charge is 0.313 e. The molecule has 1 N–H and O–H groups in total. The lowest BCUT2D eigenvalue weighted by molar-refractivity contribution is 0.585. The van der Waals surface area contributed by atoms with E-state index in [1.54, 1.807) is 23.7 Å². The summed E-state index contributed by atoms with van der Waals surface area (Å²) in [7, 11) is 1.93. The Kier molecular flexibility index (Phi) is 3.50. The lowest BCUT2D eigenvalue weighted by Gasteiger charge is -2.16. The second-order valence-corrected chi connectivity index (χ2v) is 5.55. The SMILES string of the molecule is CNC(Cc1cn2ccsc2n1)c1ccncc1Cl. The van der Waals surface area contributed by atoms with E-state index in [4.69, 9.17) is 11.6 Å². The molecule has 0 fully saturated rings. The minimum atomic E-state index is 0.139. The predicted octanol–water partition coefficient (Wildman–Crippen LogP) is 2.95. The lowest BCUT2D eigenvalue weighted by atomic mass is 10.0. The molecule has 0 saturated heterocycles. The molecule has 0 radical (unpaired) electrons. The van der Waals surface area contributed by atoms with Gasteiger partial charge in [0.05, 0.1) is 10.7 Å². The molecule has 0 aliphatic heterocycles. The molecule has 1 atom stereocenters. The maximum atomic E-state index is 6.20. The second kappa shape index (κ2) is 5.28. The zero-order valence-electron chi connectivity index (χ0n) is 10.4. The van der Waals surface area contributed by atoms with Crippen LogP contribution in [0.15, 0.2) is 36.2 Å². The van der Waals surface area contributed by atoms with Gasteiger partial charge in [0.25, 0.3) is 0 Å². The highest BCUT2D eigenvalue weighted by atomic mass is 35.5. The molecule has 3 aromatic rings. The summed E-state index contributed by atoms with van der Waals surface area (Å²) in [6.07, 6.45) is 8.31. The predicted molar refractivity (Wildman–Crippen MR) is 77.8 cm³/mol. The van der Waals surface area contributed by atoms with Gasteiger partial charge in [-0.15, -0.1) is 11.3 Å². The first-order valence-electron chi connectivity index (χ1n) is 5.95. The van der Waals surface area contributed by atoms with Gasteiger partial charge in [0.15, 0.2) is 4.96 Å². The molecule has 19 heavy (non-hydrogen) atoms. The van der Waals surface area contributed by atoms with Crippen LogP contribution in [0.5, 0.6) is 0 Å². The summed E-state index contributed by atoms with van der Waals surface area (Å²) < 4.78 is 2.04. The molecule has 0 aromatic carbocycles. The highest BCUT2D eigenvalue weighted by Crippen LogP contribution is 2.24. The summed E-state index contributed by atoms with van der Waals surface area (Å²) in [4.78, 5) is 9.63. The Labute approximate surface area is 120 Å². The second-order valence-electron chi connectivity index (χ2n) is 4.27. The number of hydrogen-bond donors (Lipinski definition) is 1. The minimum Gasteiger partial charge on any atom is -0.313 e. The quantitative estimate of drug-likeness (QED) is 0.804. The Morgan fingerprint density at radius 1 is 1.53 bits per heavy atom. The number of fused-ring (bicyclic) bond motifs is 1. The monoisotopic (exact) mass is 292 g/mol. The van der Waals surface area contributed by atoms with Gasteiger partial charge in [-0.25, -0.2) is 4.98 Å². The van der Waals surface area contributed by atoms with Crippen molar-refractivity contribution in [1.29, 1.82) is 0 Å². The van der Waals surface area contributed by atoms with Crippen molar-refractivity contribution in [1.82, 2.24) is 19.7 Å². The van der Waals surface area contributed by atoms with E-state index >= 15 is 0 Å². The molecular formula is C13H13ClN4S. The van der Waals surface area contributed by atoms with Crippen LogP contribution in [0.25, 0.3) is 4.96 Å². The zero-order valence-corrected chi connectivity index (χ0v) is 11.9. The molecule has 4 nitrogen and oxygen atoms in total. The van der Waals surface area contributed by atoms with E-state index in [1.165, 1.54) is 0 Å². The Hall–Kier alpha value is -1.43. The van der Waals surface area contributed by atoms with Crippen molar-refractivity contribution in [2.75, 3.05) is 7.05 Å². The Morgan fingerprint density at radius 3 is 3.16 bits per heavy atom. The fourth-order valence-electron chi connectivity index (χ4n) is 2.12. The highest BCUT2D eigenvalue weighted by Gasteiger charge is 2.15. The van der Waals surface area contributed by atoms with Crippen molar-refractivity contribution in [3.63, 3.8) is 0 Å². The standard InChI is InChI=1S/C13H13ClN4S/c1-15-12(10-2-3-16-7-11(10)14)6-9-8-18-4-5-19-13(18)17-9/h2-5,7-8,12,15H,6H2,1H3. The van der Waals surface area contributed by atoms with E-state index in [0.29, 0.717) is 5.02 Å². The summed E-state index contributed by atoms with van der Waals surface area (Å²) in [5.41, 5.74) is 2.11. The third kappa shape index (κ3) is 2.49. The van der Waals surface area contributed by atoms with Gasteiger partial charge in [-0.1, -0.05) is 11.6 Å². The zero-order chi connectivity index (χ0) is 13.2. The third-order valence-corrected chi connectivity index (χ3v) is 4.17. The van der Waals surface area contributed by atoms with Crippen LogP contribution in [-0.4, -0.2) is 21.4 Å². The fourth-order valence-corrected chi connectivity index (χ4v) is 3.09. The first kappa shape index (κ1) is 12.6. The van der Waals surface area contributed by atoms with Crippen LogP contribution in [0, 0.1) is 0 Å². The number of imidazole rings is 1. The molecule has 0 aliphatic carbocycles. The van der Waals surface area contributed by atoms with E-state index < -0.39 is 0 Å². The average Bonchev–Trinajstić information content (AvgIpc) is 2.97. The van der Waals surface area contributed by atoms with Gasteiger partial charge >= 0.3 is 0 Å². The van der Waals surface area contributed by atoms with Crippen molar-refractivity contribution in [2.45, 2.75) is 12.5 Å². The van der Waals surface area contributed by atoms with Crippen LogP contribution >= 0.6 is 22.9 Å². The molecule has 0 amide bonds. The molecule has 3 rings (SSSR count). The van der Waals surface area contributed by atoms with Crippen molar-refractivity contribution in [2.24, 2.45) is 0 Å². The topological polar surface area (TPSA) is 42.2 Å². The number of nitrogens with zero attached hydrogens (tertiary/aromatic N) is 3. The summed E-state index contributed by atoms with van der Waals surface area (Å²) in [5, 5.41) is 6.00. The molecule has 0 saturated carbocycles. The van der Waals surface area contributed by atoms with Gasteiger partial charge < -0.3 is 5.32 Å². The molecule has 0 bridgehead atoms. The van der Waals surface area contributed by atoms with E-state index in [0.717, 1.165) is 22.6 Å². The van der Waals surface area contributed by atoms with E-state index in [2.05, 4.69) is 21.5 Å². The Bertz CT molecular complexity index is 662. The summed E-state index contributed by atoms with van der Waals surface area (Å²) in [6, 6.07) is 2.09. The lowest BCUT2D eigenvalue weighted by Crippen LogP contribution is -2.19. The molecule has 0 aliphatic rings. The van der Waals surface area contributed by atoms with Gasteiger partial charge in [-0.2, -0.15) is 0 Å². The number of nitrogens with one attached hydrogen (secondary N) is 1. The fraction of sp³-hybridized carbons (Fsp3) is 0.231. The average molecular weight is 293 g/mol. The van der Waals surface area contributed by atoms with Crippen molar-refractivity contribution < 1.29 is 0 Å². The molecule has 1 unspecified atom stereocenters. The highest BCUT2D eigenvalue weighted by molar-refractivity contribution is 7.15. The van der Waals surface area contributed by atoms with Gasteiger partial charge in [-0.05, 0) is 18.7 Å². The minimum absolute atomic E-state index is 0.139. The van der Waals surface area contributed by atoms with Crippen LogP contribution in [0.4, 0.5) is 0 Å². The summed E-state index contributed by atoms with van der Waals surface area (Å²) in [6.45, 7) is 0. The number of likely N-dealkylation sites (N-methyl/N-ethyl adjacent to an activating group) is 1. The van der Waals surface area contributed by atoms with Crippen molar-refractivity contribution >= 4 is 27.9 Å². The normalized spacial score (nSPS) is 12.9. The first-order valence-corrected chi connectivity index (χ1v) is 7.21. The number of thiazole rings is 1. The number of hydrogen-bond acceptors (Lipinski definition) is 4. The Morgan fingerprint density at radius 2 is 2.42 bits per heavy atom. The van der Waals surface area contributed by atoms with Gasteiger partial charge in [0.1, 0.15) is 0 Å². The van der Waals surface area contributed by atoms with E-state index in [9.17, 15) is 0 Å².